The van der Waals surface area contributed by atoms with Gasteiger partial charge in [0.25, 0.3) is 5.69 Å². The Morgan fingerprint density at radius 3 is 2.74 bits per heavy atom. The molecule has 9 heteroatoms. The minimum Gasteiger partial charge on any atom is -0.468 e. The molecule has 0 N–H and O–H groups in total. The molecule has 0 aliphatic heterocycles. The smallest absolute Gasteiger partial charge is 0.325 e. The average molecular weight is 391 g/mol. The van der Waals surface area contributed by atoms with E-state index in [2.05, 4.69) is 4.99 Å². The zero-order chi connectivity index (χ0) is 19.4. The third-order valence-electron chi connectivity index (χ3n) is 4.80. The number of nitrogens with zero attached hydrogens (tertiary/aromatic N) is 3. The summed E-state index contributed by atoms with van der Waals surface area (Å²) in [6.45, 7) is -0.107. The molecule has 1 aromatic heterocycles. The highest BCUT2D eigenvalue weighted by molar-refractivity contribution is 7.16. The molecular formula is C18H21N3O5S. The van der Waals surface area contributed by atoms with Gasteiger partial charge in [-0.25, -0.2) is 0 Å². The maximum Gasteiger partial charge on any atom is 0.325 e. The van der Waals surface area contributed by atoms with Crippen molar-refractivity contribution in [2.45, 2.75) is 45.1 Å². The van der Waals surface area contributed by atoms with Crippen LogP contribution in [-0.2, 0) is 20.9 Å². The summed E-state index contributed by atoms with van der Waals surface area (Å²) in [5.74, 6) is -0.338. The quantitative estimate of drug-likeness (QED) is 0.442. The van der Waals surface area contributed by atoms with E-state index in [9.17, 15) is 19.7 Å². The highest BCUT2D eigenvalue weighted by Gasteiger charge is 2.18. The Morgan fingerprint density at radius 2 is 2.07 bits per heavy atom. The van der Waals surface area contributed by atoms with Crippen LogP contribution in [0.15, 0.2) is 23.2 Å². The number of benzene rings is 1. The van der Waals surface area contributed by atoms with Crippen molar-refractivity contribution in [1.82, 2.24) is 4.57 Å². The minimum atomic E-state index is -0.478. The van der Waals surface area contributed by atoms with Crippen LogP contribution in [0.3, 0.4) is 0 Å². The third-order valence-corrected chi connectivity index (χ3v) is 5.84. The van der Waals surface area contributed by atoms with Crippen molar-refractivity contribution in [3.05, 3.63) is 33.1 Å². The van der Waals surface area contributed by atoms with Crippen molar-refractivity contribution in [2.24, 2.45) is 10.9 Å². The number of fused-ring (bicyclic) bond motifs is 1. The molecule has 0 spiro atoms. The van der Waals surface area contributed by atoms with E-state index in [-0.39, 0.29) is 18.1 Å². The van der Waals surface area contributed by atoms with Crippen molar-refractivity contribution in [1.29, 1.82) is 0 Å². The lowest BCUT2D eigenvalue weighted by atomic mass is 9.87. The fourth-order valence-corrected chi connectivity index (χ4v) is 4.48. The van der Waals surface area contributed by atoms with E-state index in [0.29, 0.717) is 27.4 Å². The fourth-order valence-electron chi connectivity index (χ4n) is 3.40. The highest BCUT2D eigenvalue weighted by atomic mass is 32.1. The lowest BCUT2D eigenvalue weighted by Crippen LogP contribution is -2.23. The molecule has 1 amide bonds. The van der Waals surface area contributed by atoms with Crippen LogP contribution in [0.5, 0.6) is 0 Å². The molecule has 0 unspecified atom stereocenters. The van der Waals surface area contributed by atoms with Crippen LogP contribution in [0.4, 0.5) is 5.69 Å². The average Bonchev–Trinajstić information content (AvgIpc) is 2.98. The van der Waals surface area contributed by atoms with Gasteiger partial charge >= 0.3 is 5.97 Å². The normalized spacial score (nSPS) is 15.8. The Morgan fingerprint density at radius 1 is 1.33 bits per heavy atom. The van der Waals surface area contributed by atoms with Crippen LogP contribution in [0, 0.1) is 16.0 Å². The van der Waals surface area contributed by atoms with Gasteiger partial charge in [-0.15, -0.1) is 0 Å². The predicted molar refractivity (Wildman–Crippen MR) is 100 cm³/mol. The number of non-ortho nitro benzene ring substituents is 1. The molecule has 0 radical (unpaired) electrons. The lowest BCUT2D eigenvalue weighted by Gasteiger charge is -2.19. The van der Waals surface area contributed by atoms with Crippen molar-refractivity contribution in [2.75, 3.05) is 7.11 Å². The summed E-state index contributed by atoms with van der Waals surface area (Å²) in [7, 11) is 1.29. The molecule has 1 aliphatic rings. The highest BCUT2D eigenvalue weighted by Crippen LogP contribution is 2.27. The Hall–Kier alpha value is -2.55. The van der Waals surface area contributed by atoms with Crippen LogP contribution in [0.25, 0.3) is 10.2 Å². The number of esters is 1. The largest absolute Gasteiger partial charge is 0.468 e. The van der Waals surface area contributed by atoms with Gasteiger partial charge in [0.1, 0.15) is 6.54 Å². The Bertz CT molecular complexity index is 940. The molecule has 1 fully saturated rings. The lowest BCUT2D eigenvalue weighted by molar-refractivity contribution is -0.384. The number of carbonyl (C=O) groups excluding carboxylic acids is 2. The van der Waals surface area contributed by atoms with Gasteiger partial charge in [-0.05, 0) is 24.8 Å². The first-order valence-electron chi connectivity index (χ1n) is 8.90. The summed E-state index contributed by atoms with van der Waals surface area (Å²) in [6, 6.07) is 4.37. The number of hydrogen-bond donors (Lipinski definition) is 0. The first-order chi connectivity index (χ1) is 13.0. The minimum absolute atomic E-state index is 0.0472. The summed E-state index contributed by atoms with van der Waals surface area (Å²) in [5, 5.41) is 11.0. The van der Waals surface area contributed by atoms with Gasteiger partial charge in [-0.2, -0.15) is 4.99 Å². The zero-order valence-electron chi connectivity index (χ0n) is 15.1. The first kappa shape index (κ1) is 19.2. The van der Waals surface area contributed by atoms with E-state index in [1.165, 1.54) is 25.7 Å². The second-order valence-electron chi connectivity index (χ2n) is 6.67. The maximum absolute atomic E-state index is 12.4. The SMILES string of the molecule is COC(=O)Cn1c(=NC(=O)CC2CCCCC2)sc2cc([N+](=O)[O-])ccc21. The molecule has 8 nitrogen and oxygen atoms in total. The molecule has 0 bridgehead atoms. The van der Waals surface area contributed by atoms with E-state index >= 15 is 0 Å². The van der Waals surface area contributed by atoms with Crippen molar-refractivity contribution < 1.29 is 19.2 Å². The van der Waals surface area contributed by atoms with Gasteiger partial charge in [0.05, 0.1) is 22.2 Å². The predicted octanol–water partition coefficient (Wildman–Crippen LogP) is 3.18. The first-order valence-corrected chi connectivity index (χ1v) is 9.71. The van der Waals surface area contributed by atoms with Crippen LogP contribution >= 0.6 is 11.3 Å². The maximum atomic E-state index is 12.4. The number of nitro benzene ring substituents is 1. The number of amides is 1. The summed E-state index contributed by atoms with van der Waals surface area (Å²) in [5.41, 5.74) is 0.564. The van der Waals surface area contributed by atoms with Gasteiger partial charge in [-0.1, -0.05) is 30.6 Å². The molecule has 0 saturated heterocycles. The van der Waals surface area contributed by atoms with Crippen molar-refractivity contribution >= 4 is 39.1 Å². The second-order valence-corrected chi connectivity index (χ2v) is 7.68. The molecule has 27 heavy (non-hydrogen) atoms. The molecular weight excluding hydrogens is 370 g/mol. The molecule has 144 valence electrons. The van der Waals surface area contributed by atoms with Crippen LogP contribution < -0.4 is 4.80 Å². The summed E-state index contributed by atoms with van der Waals surface area (Å²) >= 11 is 1.16. The van der Waals surface area contributed by atoms with Crippen LogP contribution in [0.1, 0.15) is 38.5 Å². The topological polar surface area (TPSA) is 104 Å². The molecule has 3 rings (SSSR count). The fraction of sp³-hybridized carbons (Fsp3) is 0.500. The van der Waals surface area contributed by atoms with Crippen molar-refractivity contribution in [3.63, 3.8) is 0 Å². The zero-order valence-corrected chi connectivity index (χ0v) is 15.9. The molecule has 1 heterocycles. The third kappa shape index (κ3) is 4.60. The number of thiazole rings is 1. The monoisotopic (exact) mass is 391 g/mol. The summed E-state index contributed by atoms with van der Waals surface area (Å²) < 4.78 is 6.90. The van der Waals surface area contributed by atoms with Gasteiger partial charge in [0.15, 0.2) is 4.80 Å². The van der Waals surface area contributed by atoms with E-state index in [1.807, 2.05) is 0 Å². The molecule has 2 aromatic rings. The molecule has 1 aliphatic carbocycles. The number of nitro groups is 1. The molecule has 0 atom stereocenters. The number of rotatable bonds is 5. The van der Waals surface area contributed by atoms with E-state index in [4.69, 9.17) is 4.74 Å². The second kappa shape index (κ2) is 8.43. The number of ether oxygens (including phenoxy) is 1. The van der Waals surface area contributed by atoms with E-state index in [1.54, 1.807) is 10.6 Å². The molecule has 1 saturated carbocycles. The van der Waals surface area contributed by atoms with E-state index < -0.39 is 10.9 Å². The summed E-state index contributed by atoms with van der Waals surface area (Å²) in [4.78, 5) is 39.3. The van der Waals surface area contributed by atoms with Crippen LogP contribution in [-0.4, -0.2) is 28.5 Å². The number of carbonyl (C=O) groups is 2. The van der Waals surface area contributed by atoms with Crippen LogP contribution in [0.2, 0.25) is 0 Å². The van der Waals surface area contributed by atoms with Crippen molar-refractivity contribution in [3.8, 4) is 0 Å². The number of methoxy groups -OCH3 is 1. The Labute approximate surface area is 159 Å². The number of aromatic nitrogens is 1. The van der Waals surface area contributed by atoms with Gasteiger partial charge in [0, 0.05) is 18.6 Å². The van der Waals surface area contributed by atoms with Gasteiger partial charge in [-0.3, -0.25) is 19.7 Å². The Kier molecular flexibility index (Phi) is 6.00. The van der Waals surface area contributed by atoms with Gasteiger partial charge in [0.2, 0.25) is 5.91 Å². The van der Waals surface area contributed by atoms with E-state index in [0.717, 1.165) is 37.0 Å². The Balaban J connectivity index is 1.98. The number of hydrogen-bond acceptors (Lipinski definition) is 6. The molecule has 1 aromatic carbocycles. The standard InChI is InChI=1S/C18H21N3O5S/c1-26-17(23)11-20-14-8-7-13(21(24)25)10-15(14)27-18(20)19-16(22)9-12-5-3-2-4-6-12/h7-8,10,12H,2-6,9,11H2,1H3. The van der Waals surface area contributed by atoms with Gasteiger partial charge < -0.3 is 9.30 Å². The summed E-state index contributed by atoms with van der Waals surface area (Å²) in [6.07, 6.45) is 5.99.